The van der Waals surface area contributed by atoms with Crippen LogP contribution in [-0.4, -0.2) is 33.8 Å². The molecule has 5 rings (SSSR count). The summed E-state index contributed by atoms with van der Waals surface area (Å²) in [4.78, 5) is 40.1. The van der Waals surface area contributed by atoms with Gasteiger partial charge in [0.05, 0.1) is 30.0 Å². The third-order valence-corrected chi connectivity index (χ3v) is 5.76. The quantitative estimate of drug-likeness (QED) is 0.386. The van der Waals surface area contributed by atoms with Crippen LogP contribution in [0, 0.1) is 0 Å². The summed E-state index contributed by atoms with van der Waals surface area (Å²) in [7, 11) is 0. The van der Waals surface area contributed by atoms with Crippen LogP contribution < -0.4 is 15.5 Å². The van der Waals surface area contributed by atoms with E-state index in [1.807, 2.05) is 54.6 Å². The van der Waals surface area contributed by atoms with Crippen LogP contribution in [0.1, 0.15) is 16.8 Å². The maximum Gasteiger partial charge on any atom is 0.321 e. The van der Waals surface area contributed by atoms with Gasteiger partial charge in [0.15, 0.2) is 0 Å². The van der Waals surface area contributed by atoms with Crippen molar-refractivity contribution in [2.24, 2.45) is 4.99 Å². The van der Waals surface area contributed by atoms with E-state index in [0.717, 1.165) is 16.8 Å². The van der Waals surface area contributed by atoms with E-state index in [0.29, 0.717) is 22.1 Å². The van der Waals surface area contributed by atoms with Gasteiger partial charge >= 0.3 is 6.03 Å². The number of halogens is 1. The van der Waals surface area contributed by atoms with Crippen molar-refractivity contribution in [1.82, 2.24) is 15.3 Å². The summed E-state index contributed by atoms with van der Waals surface area (Å²) in [6.45, 7) is 0.240. The molecule has 3 aromatic carbocycles. The normalized spacial score (nSPS) is 15.1. The summed E-state index contributed by atoms with van der Waals surface area (Å²) in [6.07, 6.45) is 2.06. The first kappa shape index (κ1) is 22.4. The van der Waals surface area contributed by atoms with Gasteiger partial charge in [0.25, 0.3) is 5.91 Å². The molecule has 0 aliphatic carbocycles. The van der Waals surface area contributed by atoms with E-state index in [2.05, 4.69) is 20.6 Å². The number of carbonyl (C=O) groups is 2. The number of urea groups is 1. The molecular formula is C26H21ClN6O2. The maximum absolute atomic E-state index is 13.8. The number of imidazole rings is 1. The number of benzodiazepines with no additional fused rings is 1. The molecule has 1 unspecified atom stereocenters. The Morgan fingerprint density at radius 2 is 1.74 bits per heavy atom. The molecule has 0 fully saturated rings. The molecule has 4 aromatic rings. The molecule has 0 radical (unpaired) electrons. The second-order valence-electron chi connectivity index (χ2n) is 7.87. The van der Waals surface area contributed by atoms with Gasteiger partial charge in [-0.15, -0.1) is 0 Å². The van der Waals surface area contributed by atoms with Gasteiger partial charge in [-0.1, -0.05) is 60.1 Å². The average molecular weight is 485 g/mol. The first-order valence-electron chi connectivity index (χ1n) is 10.9. The lowest BCUT2D eigenvalue weighted by Gasteiger charge is -2.25. The number of anilines is 2. The number of hydrogen-bond acceptors (Lipinski definition) is 4. The first-order chi connectivity index (χ1) is 17.1. The van der Waals surface area contributed by atoms with Crippen molar-refractivity contribution < 1.29 is 9.59 Å². The largest absolute Gasteiger partial charge is 0.347 e. The molecule has 1 aromatic heterocycles. The van der Waals surface area contributed by atoms with Crippen LogP contribution in [-0.2, 0) is 11.3 Å². The van der Waals surface area contributed by atoms with Gasteiger partial charge in [-0.25, -0.2) is 14.8 Å². The Morgan fingerprint density at radius 1 is 1.00 bits per heavy atom. The number of benzene rings is 3. The number of amides is 3. The molecule has 9 heteroatoms. The molecule has 8 nitrogen and oxygen atoms in total. The fraction of sp³-hybridized carbons (Fsp3) is 0.0769. The number of aromatic amines is 1. The van der Waals surface area contributed by atoms with Crippen LogP contribution >= 0.6 is 11.6 Å². The SMILES string of the molecule is O=C(Nc1ccc(Cl)cc1)NC1N=C(c2ccccc2)c2ccccc2N(Cc2cnc[nH]2)C1=O. The van der Waals surface area contributed by atoms with Crippen LogP contribution in [0.15, 0.2) is 96.4 Å². The molecule has 1 atom stereocenters. The molecular weight excluding hydrogens is 464 g/mol. The number of nitrogens with zero attached hydrogens (tertiary/aromatic N) is 3. The lowest BCUT2D eigenvalue weighted by molar-refractivity contribution is -0.120. The highest BCUT2D eigenvalue weighted by atomic mass is 35.5. The molecule has 0 saturated heterocycles. The Balaban J connectivity index is 1.53. The molecule has 174 valence electrons. The van der Waals surface area contributed by atoms with Crippen molar-refractivity contribution >= 4 is 40.6 Å². The van der Waals surface area contributed by atoms with Gasteiger partial charge in [0, 0.05) is 28.0 Å². The fourth-order valence-electron chi connectivity index (χ4n) is 3.88. The molecule has 1 aliphatic heterocycles. The highest BCUT2D eigenvalue weighted by molar-refractivity contribution is 6.30. The highest BCUT2D eigenvalue weighted by Gasteiger charge is 2.33. The number of aromatic nitrogens is 2. The minimum Gasteiger partial charge on any atom is -0.347 e. The van der Waals surface area contributed by atoms with Crippen molar-refractivity contribution in [3.8, 4) is 0 Å². The van der Waals surface area contributed by atoms with E-state index >= 15 is 0 Å². The zero-order valence-corrected chi connectivity index (χ0v) is 19.2. The van der Waals surface area contributed by atoms with E-state index in [9.17, 15) is 9.59 Å². The van der Waals surface area contributed by atoms with E-state index in [1.54, 1.807) is 41.7 Å². The minimum atomic E-state index is -1.16. The van der Waals surface area contributed by atoms with Gasteiger partial charge in [0.2, 0.25) is 6.17 Å². The van der Waals surface area contributed by atoms with Crippen molar-refractivity contribution in [3.63, 3.8) is 0 Å². The van der Waals surface area contributed by atoms with Gasteiger partial charge in [-0.3, -0.25) is 4.79 Å². The molecule has 0 spiro atoms. The number of aliphatic imine (C=N–C) groups is 1. The van der Waals surface area contributed by atoms with Crippen LogP contribution in [0.2, 0.25) is 5.02 Å². The molecule has 35 heavy (non-hydrogen) atoms. The number of nitrogens with one attached hydrogen (secondary N) is 3. The zero-order chi connectivity index (χ0) is 24.2. The lowest BCUT2D eigenvalue weighted by Crippen LogP contribution is -2.48. The zero-order valence-electron chi connectivity index (χ0n) is 18.5. The van der Waals surface area contributed by atoms with Crippen LogP contribution in [0.25, 0.3) is 0 Å². The molecule has 0 saturated carbocycles. The van der Waals surface area contributed by atoms with Crippen LogP contribution in [0.5, 0.6) is 0 Å². The Bertz CT molecular complexity index is 1370. The molecule has 3 amide bonds. The maximum atomic E-state index is 13.8. The third kappa shape index (κ3) is 4.92. The predicted molar refractivity (Wildman–Crippen MR) is 136 cm³/mol. The van der Waals surface area contributed by atoms with Gasteiger partial charge in [-0.05, 0) is 30.3 Å². The molecule has 1 aliphatic rings. The van der Waals surface area contributed by atoms with E-state index in [1.165, 1.54) is 0 Å². The number of H-pyrrole nitrogens is 1. The summed E-state index contributed by atoms with van der Waals surface area (Å²) >= 11 is 5.93. The van der Waals surface area contributed by atoms with Crippen LogP contribution in [0.3, 0.4) is 0 Å². The number of rotatable bonds is 5. The van der Waals surface area contributed by atoms with Crippen molar-refractivity contribution in [2.75, 3.05) is 10.2 Å². The fourth-order valence-corrected chi connectivity index (χ4v) is 4.00. The monoisotopic (exact) mass is 484 g/mol. The number of fused-ring (bicyclic) bond motifs is 1. The summed E-state index contributed by atoms with van der Waals surface area (Å²) in [6, 6.07) is 23.3. The Hall–Kier alpha value is -4.43. The highest BCUT2D eigenvalue weighted by Crippen LogP contribution is 2.29. The topological polar surface area (TPSA) is 102 Å². The number of para-hydroxylation sites is 1. The first-order valence-corrected chi connectivity index (χ1v) is 11.3. The predicted octanol–water partition coefficient (Wildman–Crippen LogP) is 4.60. The second kappa shape index (κ2) is 9.82. The van der Waals surface area contributed by atoms with Crippen molar-refractivity contribution in [3.05, 3.63) is 113 Å². The minimum absolute atomic E-state index is 0.240. The third-order valence-electron chi connectivity index (χ3n) is 5.51. The average Bonchev–Trinajstić information content (AvgIpc) is 3.36. The Kier molecular flexibility index (Phi) is 6.28. The van der Waals surface area contributed by atoms with E-state index in [-0.39, 0.29) is 12.5 Å². The second-order valence-corrected chi connectivity index (χ2v) is 8.31. The van der Waals surface area contributed by atoms with Gasteiger partial charge < -0.3 is 20.5 Å². The van der Waals surface area contributed by atoms with Gasteiger partial charge in [0.1, 0.15) is 0 Å². The summed E-state index contributed by atoms with van der Waals surface area (Å²) in [5.41, 5.74) is 4.21. The Labute approximate surface area is 206 Å². The lowest BCUT2D eigenvalue weighted by atomic mass is 10.0. The Morgan fingerprint density at radius 3 is 2.49 bits per heavy atom. The van der Waals surface area contributed by atoms with E-state index in [4.69, 9.17) is 16.6 Å². The van der Waals surface area contributed by atoms with Crippen molar-refractivity contribution in [2.45, 2.75) is 12.7 Å². The van der Waals surface area contributed by atoms with E-state index < -0.39 is 12.2 Å². The summed E-state index contributed by atoms with van der Waals surface area (Å²) in [5, 5.41) is 6.01. The number of hydrogen-bond donors (Lipinski definition) is 3. The standard InChI is InChI=1S/C26H21ClN6O2/c27-18-10-12-19(13-11-18)30-26(35)32-24-25(34)33(15-20-14-28-16-29-20)22-9-5-4-8-21(22)23(31-24)17-6-2-1-3-7-17/h1-14,16,24H,15H2,(H,28,29)(H2,30,32,35). The molecule has 0 bridgehead atoms. The summed E-state index contributed by atoms with van der Waals surface area (Å²) in [5.74, 6) is -0.371. The number of carbonyl (C=O) groups excluding carboxylic acids is 2. The molecule has 2 heterocycles. The van der Waals surface area contributed by atoms with Crippen molar-refractivity contribution in [1.29, 1.82) is 0 Å². The smallest absolute Gasteiger partial charge is 0.321 e. The summed E-state index contributed by atoms with van der Waals surface area (Å²) < 4.78 is 0. The molecule has 3 N–H and O–H groups in total. The van der Waals surface area contributed by atoms with Crippen LogP contribution in [0.4, 0.5) is 16.2 Å². The van der Waals surface area contributed by atoms with Gasteiger partial charge in [-0.2, -0.15) is 0 Å².